The fourth-order valence-electron chi connectivity index (χ4n) is 1.89. The summed E-state index contributed by atoms with van der Waals surface area (Å²) < 4.78 is 25.0. The largest absolute Gasteiger partial charge is 0.497 e. The van der Waals surface area contributed by atoms with Gasteiger partial charge >= 0.3 is 0 Å². The van der Waals surface area contributed by atoms with Crippen LogP contribution in [0.4, 0.5) is 4.39 Å². The molecule has 0 aliphatic carbocycles. The smallest absolute Gasteiger partial charge is 0.129 e. The van der Waals surface area contributed by atoms with Gasteiger partial charge in [-0.1, -0.05) is 11.6 Å². The monoisotopic (exact) mass is 392 g/mol. The van der Waals surface area contributed by atoms with Crippen LogP contribution in [0.1, 0.15) is 16.5 Å². The highest BCUT2D eigenvalue weighted by molar-refractivity contribution is 9.10. The van der Waals surface area contributed by atoms with E-state index in [9.17, 15) is 4.39 Å². The molecule has 21 heavy (non-hydrogen) atoms. The van der Waals surface area contributed by atoms with E-state index in [-0.39, 0.29) is 0 Å². The summed E-state index contributed by atoms with van der Waals surface area (Å²) in [4.78, 5) is 0. The number of halogens is 4. The summed E-state index contributed by atoms with van der Waals surface area (Å²) in [7, 11) is 3.08. The number of alkyl halides is 1. The Bertz CT molecular complexity index is 642. The summed E-state index contributed by atoms with van der Waals surface area (Å²) in [6.07, 6.45) is 0. The van der Waals surface area contributed by atoms with Gasteiger partial charge in [0.25, 0.3) is 0 Å². The van der Waals surface area contributed by atoms with Gasteiger partial charge in [-0.05, 0) is 45.8 Å². The summed E-state index contributed by atoms with van der Waals surface area (Å²) >= 11 is 15.6. The van der Waals surface area contributed by atoms with Crippen LogP contribution in [-0.2, 0) is 0 Å². The van der Waals surface area contributed by atoms with E-state index < -0.39 is 11.2 Å². The predicted molar refractivity (Wildman–Crippen MR) is 86.4 cm³/mol. The third kappa shape index (κ3) is 3.62. The molecule has 112 valence electrons. The molecule has 1 unspecified atom stereocenters. The number of hydrogen-bond acceptors (Lipinski definition) is 2. The average molecular weight is 394 g/mol. The number of rotatable bonds is 4. The third-order valence-electron chi connectivity index (χ3n) is 2.98. The summed E-state index contributed by atoms with van der Waals surface area (Å²) in [5.74, 6) is 0.727. The van der Waals surface area contributed by atoms with Gasteiger partial charge in [-0.25, -0.2) is 4.39 Å². The molecule has 0 aromatic heterocycles. The Morgan fingerprint density at radius 1 is 1.05 bits per heavy atom. The van der Waals surface area contributed by atoms with Crippen LogP contribution >= 0.6 is 39.1 Å². The van der Waals surface area contributed by atoms with E-state index in [1.165, 1.54) is 12.1 Å². The molecule has 2 nitrogen and oxygen atoms in total. The second kappa shape index (κ2) is 6.86. The van der Waals surface area contributed by atoms with Gasteiger partial charge in [-0.3, -0.25) is 0 Å². The highest BCUT2D eigenvalue weighted by Gasteiger charge is 2.19. The standard InChI is InChI=1S/C15H12BrCl2FO2/c1-20-9-3-8(4-10(5-9)21-2)15(18)11-6-13(17)12(16)7-14(11)19/h3-7,15H,1-2H3. The van der Waals surface area contributed by atoms with Gasteiger partial charge in [-0.15, -0.1) is 11.6 Å². The normalized spacial score (nSPS) is 12.1. The van der Waals surface area contributed by atoms with Crippen molar-refractivity contribution in [3.8, 4) is 11.5 Å². The molecule has 0 amide bonds. The van der Waals surface area contributed by atoms with E-state index >= 15 is 0 Å². The Balaban J connectivity index is 2.49. The van der Waals surface area contributed by atoms with E-state index in [0.717, 1.165) is 0 Å². The molecular formula is C15H12BrCl2FO2. The second-order valence-corrected chi connectivity index (χ2v) is 5.99. The maximum absolute atomic E-state index is 14.1. The van der Waals surface area contributed by atoms with E-state index in [2.05, 4.69) is 15.9 Å². The van der Waals surface area contributed by atoms with E-state index in [1.807, 2.05) is 0 Å². The van der Waals surface area contributed by atoms with Crippen molar-refractivity contribution >= 4 is 39.1 Å². The lowest BCUT2D eigenvalue weighted by atomic mass is 10.0. The number of benzene rings is 2. The second-order valence-electron chi connectivity index (χ2n) is 4.30. The summed E-state index contributed by atoms with van der Waals surface area (Å²) in [6, 6.07) is 7.98. The van der Waals surface area contributed by atoms with Crippen LogP contribution < -0.4 is 9.47 Å². The molecule has 0 fully saturated rings. The van der Waals surface area contributed by atoms with Crippen LogP contribution in [0.25, 0.3) is 0 Å². The lowest BCUT2D eigenvalue weighted by molar-refractivity contribution is 0.393. The predicted octanol–water partition coefficient (Wildman–Crippen LogP) is 5.59. The van der Waals surface area contributed by atoms with Crippen LogP contribution in [0.15, 0.2) is 34.8 Å². The van der Waals surface area contributed by atoms with Crippen molar-refractivity contribution in [2.75, 3.05) is 14.2 Å². The van der Waals surface area contributed by atoms with Gasteiger partial charge in [0.1, 0.15) is 17.3 Å². The van der Waals surface area contributed by atoms with Crippen molar-refractivity contribution in [1.82, 2.24) is 0 Å². The number of ether oxygens (including phenoxy) is 2. The minimum atomic E-state index is -0.709. The van der Waals surface area contributed by atoms with E-state index in [0.29, 0.717) is 32.1 Å². The first-order valence-corrected chi connectivity index (χ1v) is 7.58. The fraction of sp³-hybridized carbons (Fsp3) is 0.200. The van der Waals surface area contributed by atoms with Crippen molar-refractivity contribution in [2.45, 2.75) is 5.38 Å². The van der Waals surface area contributed by atoms with Crippen molar-refractivity contribution in [3.05, 3.63) is 56.8 Å². The molecule has 0 aliphatic rings. The molecule has 0 heterocycles. The number of methoxy groups -OCH3 is 2. The number of hydrogen-bond donors (Lipinski definition) is 0. The van der Waals surface area contributed by atoms with Gasteiger partial charge < -0.3 is 9.47 Å². The first-order chi connectivity index (χ1) is 9.96. The molecule has 2 rings (SSSR count). The molecule has 1 atom stereocenters. The van der Waals surface area contributed by atoms with Gasteiger partial charge in [-0.2, -0.15) is 0 Å². The minimum Gasteiger partial charge on any atom is -0.497 e. The fourth-order valence-corrected chi connectivity index (χ4v) is 2.67. The van der Waals surface area contributed by atoms with Gasteiger partial charge in [0.2, 0.25) is 0 Å². The molecule has 0 saturated carbocycles. The van der Waals surface area contributed by atoms with Crippen molar-refractivity contribution in [3.63, 3.8) is 0 Å². The van der Waals surface area contributed by atoms with Crippen molar-refractivity contribution in [2.24, 2.45) is 0 Å². The molecule has 2 aromatic carbocycles. The summed E-state index contributed by atoms with van der Waals surface area (Å²) in [5, 5.41) is -0.313. The van der Waals surface area contributed by atoms with Crippen molar-refractivity contribution in [1.29, 1.82) is 0 Å². The first-order valence-electron chi connectivity index (χ1n) is 5.97. The van der Waals surface area contributed by atoms with Crippen LogP contribution in [0.3, 0.4) is 0 Å². The molecule has 0 bridgehead atoms. The molecule has 0 spiro atoms. The molecule has 0 aliphatic heterocycles. The minimum absolute atomic E-state index is 0.292. The molecule has 0 radical (unpaired) electrons. The average Bonchev–Trinajstić information content (AvgIpc) is 2.49. The third-order valence-corrected chi connectivity index (χ3v) is 4.66. The Hall–Kier alpha value is -0.970. The van der Waals surface area contributed by atoms with Gasteiger partial charge in [0, 0.05) is 16.1 Å². The summed E-state index contributed by atoms with van der Waals surface area (Å²) in [6.45, 7) is 0. The van der Waals surface area contributed by atoms with Crippen LogP contribution in [0.5, 0.6) is 11.5 Å². The Morgan fingerprint density at radius 3 is 2.14 bits per heavy atom. The molecule has 0 saturated heterocycles. The van der Waals surface area contributed by atoms with Crippen molar-refractivity contribution < 1.29 is 13.9 Å². The highest BCUT2D eigenvalue weighted by atomic mass is 79.9. The van der Waals surface area contributed by atoms with Crippen LogP contribution in [0, 0.1) is 5.82 Å². The Labute approximate surface area is 140 Å². The lowest BCUT2D eigenvalue weighted by Crippen LogP contribution is -1.99. The Morgan fingerprint density at radius 2 is 1.62 bits per heavy atom. The van der Waals surface area contributed by atoms with Gasteiger partial charge in [0.15, 0.2) is 0 Å². The molecule has 0 N–H and O–H groups in total. The molecule has 6 heteroatoms. The van der Waals surface area contributed by atoms with Crippen LogP contribution in [-0.4, -0.2) is 14.2 Å². The molecule has 2 aromatic rings. The van der Waals surface area contributed by atoms with Gasteiger partial charge in [0.05, 0.1) is 24.6 Å². The zero-order valence-electron chi connectivity index (χ0n) is 11.3. The Kier molecular flexibility index (Phi) is 5.36. The van der Waals surface area contributed by atoms with E-state index in [4.69, 9.17) is 32.7 Å². The first kappa shape index (κ1) is 16.4. The maximum Gasteiger partial charge on any atom is 0.129 e. The summed E-state index contributed by atoms with van der Waals surface area (Å²) in [5.41, 5.74) is 0.949. The highest BCUT2D eigenvalue weighted by Crippen LogP contribution is 2.37. The maximum atomic E-state index is 14.1. The zero-order chi connectivity index (χ0) is 15.6. The quantitative estimate of drug-likeness (QED) is 0.498. The van der Waals surface area contributed by atoms with Crippen LogP contribution in [0.2, 0.25) is 5.02 Å². The topological polar surface area (TPSA) is 18.5 Å². The zero-order valence-corrected chi connectivity index (χ0v) is 14.4. The molecular weight excluding hydrogens is 382 g/mol. The van der Waals surface area contributed by atoms with E-state index in [1.54, 1.807) is 32.4 Å². The SMILES string of the molecule is COc1cc(OC)cc(C(Cl)c2cc(Cl)c(Br)cc2F)c1. The lowest BCUT2D eigenvalue weighted by Gasteiger charge is -2.15.